The Balaban J connectivity index is 1.42. The van der Waals surface area contributed by atoms with Crippen LogP contribution in [0.25, 0.3) is 10.9 Å². The summed E-state index contributed by atoms with van der Waals surface area (Å²) in [6, 6.07) is 14.2. The number of rotatable bonds is 7. The number of esters is 1. The third-order valence-electron chi connectivity index (χ3n) is 5.77. The molecule has 0 unspecified atom stereocenters. The van der Waals surface area contributed by atoms with Gasteiger partial charge in [-0.05, 0) is 29.3 Å². The second kappa shape index (κ2) is 9.44. The first kappa shape index (κ1) is 21.9. The van der Waals surface area contributed by atoms with Crippen LogP contribution >= 0.6 is 11.6 Å². The molecule has 2 aromatic carbocycles. The summed E-state index contributed by atoms with van der Waals surface area (Å²) < 4.78 is 4.92. The van der Waals surface area contributed by atoms with Gasteiger partial charge in [-0.25, -0.2) is 4.79 Å². The number of aromatic nitrogens is 1. The fourth-order valence-electron chi connectivity index (χ4n) is 4.06. The van der Waals surface area contributed by atoms with Crippen LogP contribution in [-0.4, -0.2) is 47.4 Å². The van der Waals surface area contributed by atoms with Gasteiger partial charge in [0.2, 0.25) is 11.8 Å². The van der Waals surface area contributed by atoms with Gasteiger partial charge in [0.05, 0.1) is 13.0 Å². The number of hydrogen-bond donors (Lipinski definition) is 2. The maximum Gasteiger partial charge on any atom is 0.328 e. The lowest BCUT2D eigenvalue weighted by molar-refractivity contribution is -0.145. The Morgan fingerprint density at radius 2 is 1.97 bits per heavy atom. The number of nitrogens with one attached hydrogen (secondary N) is 2. The Hall–Kier alpha value is -3.32. The lowest BCUT2D eigenvalue weighted by atomic mass is 10.0. The Morgan fingerprint density at radius 3 is 2.72 bits per heavy atom. The zero-order chi connectivity index (χ0) is 22.7. The predicted octanol–water partition coefficient (Wildman–Crippen LogP) is 3.07. The molecule has 2 heterocycles. The lowest BCUT2D eigenvalue weighted by Crippen LogP contribution is -2.46. The summed E-state index contributed by atoms with van der Waals surface area (Å²) in [6.45, 7) is 0.712. The van der Waals surface area contributed by atoms with E-state index < -0.39 is 17.9 Å². The van der Waals surface area contributed by atoms with Crippen LogP contribution in [-0.2, 0) is 32.1 Å². The number of carbonyl (C=O) groups excluding carboxylic acids is 3. The molecule has 32 heavy (non-hydrogen) atoms. The summed E-state index contributed by atoms with van der Waals surface area (Å²) >= 11 is 5.92. The molecule has 1 aliphatic heterocycles. The molecule has 1 aliphatic rings. The van der Waals surface area contributed by atoms with Gasteiger partial charge in [-0.3, -0.25) is 9.59 Å². The quantitative estimate of drug-likeness (QED) is 0.538. The molecule has 1 fully saturated rings. The largest absolute Gasteiger partial charge is 0.467 e. The monoisotopic (exact) mass is 453 g/mol. The molecule has 8 heteroatoms. The van der Waals surface area contributed by atoms with Gasteiger partial charge in [-0.1, -0.05) is 41.9 Å². The molecule has 0 spiro atoms. The number of carbonyl (C=O) groups is 3. The number of halogens is 1. The second-order valence-electron chi connectivity index (χ2n) is 7.95. The number of likely N-dealkylation sites (tertiary alicyclic amines) is 1. The standard InChI is InChI=1S/C24H24ClN3O4/c1-32-24(31)21(10-16-12-26-20-5-3-2-4-19(16)20)27-23(30)17-11-22(29)28(14-17)13-15-6-8-18(25)9-7-15/h2-9,12,17,21,26H,10-11,13-14H2,1H3,(H,27,30)/t17-,21-/m0/s1. The minimum absolute atomic E-state index is 0.0913. The number of methoxy groups -OCH3 is 1. The minimum atomic E-state index is -0.841. The summed E-state index contributed by atoms with van der Waals surface area (Å²) in [5, 5.41) is 4.42. The summed E-state index contributed by atoms with van der Waals surface area (Å²) in [4.78, 5) is 42.6. The van der Waals surface area contributed by atoms with Crippen molar-refractivity contribution in [2.45, 2.75) is 25.4 Å². The molecule has 2 amide bonds. The molecule has 0 radical (unpaired) electrons. The van der Waals surface area contributed by atoms with Crippen LogP contribution in [0.15, 0.2) is 54.7 Å². The van der Waals surface area contributed by atoms with Gasteiger partial charge < -0.3 is 19.9 Å². The predicted molar refractivity (Wildman–Crippen MR) is 121 cm³/mol. The number of H-pyrrole nitrogens is 1. The third kappa shape index (κ3) is 4.78. The van der Waals surface area contributed by atoms with E-state index in [1.807, 2.05) is 42.6 Å². The van der Waals surface area contributed by atoms with E-state index in [9.17, 15) is 14.4 Å². The summed E-state index contributed by atoms with van der Waals surface area (Å²) in [7, 11) is 1.30. The molecule has 4 rings (SSSR count). The van der Waals surface area contributed by atoms with Gasteiger partial charge in [0.25, 0.3) is 0 Å². The Kier molecular flexibility index (Phi) is 6.46. The molecule has 2 N–H and O–H groups in total. The lowest BCUT2D eigenvalue weighted by Gasteiger charge is -2.19. The van der Waals surface area contributed by atoms with Gasteiger partial charge >= 0.3 is 5.97 Å². The van der Waals surface area contributed by atoms with Crippen LogP contribution in [0.2, 0.25) is 5.02 Å². The number of para-hydroxylation sites is 1. The maximum atomic E-state index is 12.9. The van der Waals surface area contributed by atoms with Crippen molar-refractivity contribution in [2.75, 3.05) is 13.7 Å². The Labute approximate surface area is 190 Å². The number of nitrogens with zero attached hydrogens (tertiary/aromatic N) is 1. The number of hydrogen-bond acceptors (Lipinski definition) is 4. The van der Waals surface area contributed by atoms with Gasteiger partial charge in [-0.15, -0.1) is 0 Å². The highest BCUT2D eigenvalue weighted by Crippen LogP contribution is 2.23. The highest BCUT2D eigenvalue weighted by Gasteiger charge is 2.36. The normalized spacial score (nSPS) is 16.9. The molecular formula is C24H24ClN3O4. The number of fused-ring (bicyclic) bond motifs is 1. The van der Waals surface area contributed by atoms with E-state index in [4.69, 9.17) is 16.3 Å². The van der Waals surface area contributed by atoms with Crippen LogP contribution < -0.4 is 5.32 Å². The van der Waals surface area contributed by atoms with Crippen LogP contribution in [0.4, 0.5) is 0 Å². The van der Waals surface area contributed by atoms with E-state index in [1.54, 1.807) is 17.0 Å². The molecule has 2 atom stereocenters. The smallest absolute Gasteiger partial charge is 0.328 e. The number of benzene rings is 2. The van der Waals surface area contributed by atoms with Gasteiger partial charge in [0.15, 0.2) is 0 Å². The molecule has 0 bridgehead atoms. The van der Waals surface area contributed by atoms with E-state index in [1.165, 1.54) is 7.11 Å². The van der Waals surface area contributed by atoms with Crippen LogP contribution in [0.3, 0.4) is 0 Å². The molecule has 166 valence electrons. The second-order valence-corrected chi connectivity index (χ2v) is 8.39. The average Bonchev–Trinajstić information content (AvgIpc) is 3.38. The summed E-state index contributed by atoms with van der Waals surface area (Å²) in [5.41, 5.74) is 2.80. The Bertz CT molecular complexity index is 1140. The van der Waals surface area contributed by atoms with Gasteiger partial charge in [0.1, 0.15) is 6.04 Å². The van der Waals surface area contributed by atoms with E-state index in [0.717, 1.165) is 22.0 Å². The molecule has 1 aromatic heterocycles. The topological polar surface area (TPSA) is 91.5 Å². The highest BCUT2D eigenvalue weighted by molar-refractivity contribution is 6.30. The van der Waals surface area contributed by atoms with Crippen molar-refractivity contribution < 1.29 is 19.1 Å². The third-order valence-corrected chi connectivity index (χ3v) is 6.03. The van der Waals surface area contributed by atoms with Crippen LogP contribution in [0, 0.1) is 5.92 Å². The van der Waals surface area contributed by atoms with E-state index in [2.05, 4.69) is 10.3 Å². The zero-order valence-electron chi connectivity index (χ0n) is 17.6. The summed E-state index contributed by atoms with van der Waals surface area (Å²) in [5.74, 6) is -1.46. The van der Waals surface area contributed by atoms with E-state index in [0.29, 0.717) is 18.1 Å². The first-order chi connectivity index (χ1) is 15.4. The number of amides is 2. The molecule has 7 nitrogen and oxygen atoms in total. The van der Waals surface area contributed by atoms with Crippen molar-refractivity contribution in [1.82, 2.24) is 15.2 Å². The minimum Gasteiger partial charge on any atom is -0.467 e. The van der Waals surface area contributed by atoms with Gasteiger partial charge in [-0.2, -0.15) is 0 Å². The van der Waals surface area contributed by atoms with Crippen molar-refractivity contribution in [1.29, 1.82) is 0 Å². The fraction of sp³-hybridized carbons (Fsp3) is 0.292. The number of ether oxygens (including phenoxy) is 1. The van der Waals surface area contributed by atoms with Crippen molar-refractivity contribution in [3.05, 3.63) is 70.9 Å². The van der Waals surface area contributed by atoms with Crippen molar-refractivity contribution in [2.24, 2.45) is 5.92 Å². The average molecular weight is 454 g/mol. The van der Waals surface area contributed by atoms with Crippen LogP contribution in [0.1, 0.15) is 17.5 Å². The molecule has 1 saturated heterocycles. The van der Waals surface area contributed by atoms with Crippen molar-refractivity contribution in [3.8, 4) is 0 Å². The number of aromatic amines is 1. The zero-order valence-corrected chi connectivity index (χ0v) is 18.4. The molecule has 3 aromatic rings. The Morgan fingerprint density at radius 1 is 1.22 bits per heavy atom. The first-order valence-electron chi connectivity index (χ1n) is 10.4. The van der Waals surface area contributed by atoms with E-state index in [-0.39, 0.29) is 24.7 Å². The highest BCUT2D eigenvalue weighted by atomic mass is 35.5. The SMILES string of the molecule is COC(=O)[C@H](Cc1c[nH]c2ccccc12)NC(=O)[C@H]1CC(=O)N(Cc2ccc(Cl)cc2)C1. The fourth-order valence-corrected chi connectivity index (χ4v) is 4.18. The van der Waals surface area contributed by atoms with E-state index >= 15 is 0 Å². The molecule has 0 aliphatic carbocycles. The molecular weight excluding hydrogens is 430 g/mol. The van der Waals surface area contributed by atoms with Crippen molar-refractivity contribution >= 4 is 40.3 Å². The van der Waals surface area contributed by atoms with Crippen LogP contribution in [0.5, 0.6) is 0 Å². The van der Waals surface area contributed by atoms with Crippen molar-refractivity contribution in [3.63, 3.8) is 0 Å². The first-order valence-corrected chi connectivity index (χ1v) is 10.8. The molecule has 0 saturated carbocycles. The van der Waals surface area contributed by atoms with Gasteiger partial charge in [0, 0.05) is 48.1 Å². The maximum absolute atomic E-state index is 12.9. The summed E-state index contributed by atoms with van der Waals surface area (Å²) in [6.07, 6.45) is 2.23.